The third kappa shape index (κ3) is 3.17. The van der Waals surface area contributed by atoms with Gasteiger partial charge in [-0.2, -0.15) is 0 Å². The molecule has 0 heterocycles. The molecule has 0 bridgehead atoms. The number of hydrogen-bond acceptors (Lipinski definition) is 3. The molecule has 2 rings (SSSR count). The van der Waals surface area contributed by atoms with Crippen molar-refractivity contribution in [1.82, 2.24) is 0 Å². The lowest BCUT2D eigenvalue weighted by atomic mass is 10.2. The van der Waals surface area contributed by atoms with Crippen molar-refractivity contribution in [2.24, 2.45) is 0 Å². The highest BCUT2D eigenvalue weighted by Crippen LogP contribution is 2.22. The predicted molar refractivity (Wildman–Crippen MR) is 69.2 cm³/mol. The van der Waals surface area contributed by atoms with E-state index in [4.69, 9.17) is 14.2 Å². The van der Waals surface area contributed by atoms with Gasteiger partial charge in [-0.1, -0.05) is 18.2 Å². The van der Waals surface area contributed by atoms with Gasteiger partial charge in [0.1, 0.15) is 23.9 Å². The predicted octanol–water partition coefficient (Wildman–Crippen LogP) is 3.08. The minimum atomic E-state index is 0.464. The maximum atomic E-state index is 5.67. The van der Waals surface area contributed by atoms with Gasteiger partial charge in [-0.15, -0.1) is 0 Å². The Labute approximate surface area is 107 Å². The molecule has 0 fully saturated rings. The van der Waals surface area contributed by atoms with Crippen LogP contribution in [0.2, 0.25) is 0 Å². The van der Waals surface area contributed by atoms with E-state index in [1.54, 1.807) is 14.2 Å². The molecule has 18 heavy (non-hydrogen) atoms. The average molecular weight is 243 g/mol. The normalized spacial score (nSPS) is 9.89. The first-order valence-electron chi connectivity index (χ1n) is 5.64. The number of methoxy groups -OCH3 is 2. The molecule has 93 valence electrons. The van der Waals surface area contributed by atoms with E-state index < -0.39 is 0 Å². The zero-order valence-corrected chi connectivity index (χ0v) is 10.5. The van der Waals surface area contributed by atoms with Crippen LogP contribution in [0.4, 0.5) is 0 Å². The maximum Gasteiger partial charge on any atom is 0.131 e. The van der Waals surface area contributed by atoms with Crippen LogP contribution in [0.3, 0.4) is 0 Å². The van der Waals surface area contributed by atoms with Gasteiger partial charge in [0.2, 0.25) is 0 Å². The van der Waals surface area contributed by atoms with Gasteiger partial charge in [-0.05, 0) is 29.8 Å². The largest absolute Gasteiger partial charge is 0.496 e. The monoisotopic (exact) mass is 243 g/mol. The first kappa shape index (κ1) is 12.3. The Morgan fingerprint density at radius 1 is 0.944 bits per heavy atom. The molecule has 0 aliphatic rings. The highest BCUT2D eigenvalue weighted by atomic mass is 16.5. The average Bonchev–Trinajstić information content (AvgIpc) is 2.45. The minimum absolute atomic E-state index is 0.464. The van der Waals surface area contributed by atoms with Crippen LogP contribution in [0.15, 0.2) is 42.5 Å². The molecular weight excluding hydrogens is 228 g/mol. The van der Waals surface area contributed by atoms with Gasteiger partial charge in [-0.25, -0.2) is 0 Å². The summed E-state index contributed by atoms with van der Waals surface area (Å²) in [6, 6.07) is 16.4. The molecule has 0 aliphatic heterocycles. The molecule has 0 N–H and O–H groups in total. The van der Waals surface area contributed by atoms with Gasteiger partial charge in [-0.3, -0.25) is 0 Å². The topological polar surface area (TPSA) is 27.7 Å². The fourth-order valence-electron chi connectivity index (χ4n) is 1.56. The Balaban J connectivity index is 2.09. The Morgan fingerprint density at radius 3 is 2.11 bits per heavy atom. The van der Waals surface area contributed by atoms with Crippen LogP contribution >= 0.6 is 0 Å². The van der Waals surface area contributed by atoms with E-state index in [2.05, 4.69) is 6.07 Å². The lowest BCUT2D eigenvalue weighted by Crippen LogP contribution is -1.97. The summed E-state index contributed by atoms with van der Waals surface area (Å²) >= 11 is 0. The molecule has 0 spiro atoms. The van der Waals surface area contributed by atoms with Crippen molar-refractivity contribution in [3.05, 3.63) is 54.1 Å². The lowest BCUT2D eigenvalue weighted by molar-refractivity contribution is 0.303. The molecule has 0 atom stereocenters. The number of ether oxygens (including phenoxy) is 3. The Bertz CT molecular complexity index is 472. The van der Waals surface area contributed by atoms with Crippen LogP contribution in [0.1, 0.15) is 5.56 Å². The highest BCUT2D eigenvalue weighted by Gasteiger charge is 2.03. The molecule has 0 unspecified atom stereocenters. The van der Waals surface area contributed by atoms with Crippen molar-refractivity contribution in [2.45, 2.75) is 6.61 Å². The first-order chi connectivity index (χ1) is 8.81. The van der Waals surface area contributed by atoms with Crippen molar-refractivity contribution in [1.29, 1.82) is 0 Å². The summed E-state index contributed by atoms with van der Waals surface area (Å²) in [5, 5.41) is 0. The second-order valence-electron chi connectivity index (χ2n) is 3.73. The number of hydrogen-bond donors (Lipinski definition) is 0. The molecule has 3 nitrogen and oxygen atoms in total. The Kier molecular flexibility index (Phi) is 4.07. The molecule has 2 aromatic carbocycles. The van der Waals surface area contributed by atoms with Crippen molar-refractivity contribution in [3.63, 3.8) is 0 Å². The molecular formula is C15H15O3. The van der Waals surface area contributed by atoms with Gasteiger partial charge in [0, 0.05) is 0 Å². The summed E-state index contributed by atoms with van der Waals surface area (Å²) in [6.07, 6.45) is 0. The van der Waals surface area contributed by atoms with Gasteiger partial charge in [0.15, 0.2) is 0 Å². The van der Waals surface area contributed by atoms with Gasteiger partial charge >= 0.3 is 0 Å². The van der Waals surface area contributed by atoms with Gasteiger partial charge in [0.25, 0.3) is 0 Å². The highest BCUT2D eigenvalue weighted by molar-refractivity contribution is 5.37. The maximum absolute atomic E-state index is 5.67. The summed E-state index contributed by atoms with van der Waals surface area (Å²) in [7, 11) is 3.21. The van der Waals surface area contributed by atoms with Crippen molar-refractivity contribution in [2.75, 3.05) is 14.2 Å². The lowest BCUT2D eigenvalue weighted by Gasteiger charge is -2.09. The summed E-state index contributed by atoms with van der Waals surface area (Å²) < 4.78 is 16.0. The standard InChI is InChI=1S/C15H15O3/c1-16-14-8-12(9-15(10-14)17-2)11-18-13-6-4-3-5-7-13/h3-9H,11H2,1-2H3. The first-order valence-corrected chi connectivity index (χ1v) is 5.64. The molecule has 0 amide bonds. The van der Waals surface area contributed by atoms with Gasteiger partial charge in [0.05, 0.1) is 20.3 Å². The van der Waals surface area contributed by atoms with E-state index in [0.717, 1.165) is 11.3 Å². The number of benzene rings is 2. The van der Waals surface area contributed by atoms with Crippen molar-refractivity contribution >= 4 is 0 Å². The van der Waals surface area contributed by atoms with E-state index in [-0.39, 0.29) is 0 Å². The van der Waals surface area contributed by atoms with Crippen molar-refractivity contribution < 1.29 is 14.2 Å². The van der Waals surface area contributed by atoms with Crippen LogP contribution < -0.4 is 14.2 Å². The summed E-state index contributed by atoms with van der Waals surface area (Å²) in [5.41, 5.74) is 0.978. The molecule has 0 aliphatic carbocycles. The number of rotatable bonds is 5. The van der Waals surface area contributed by atoms with Crippen LogP contribution in [0, 0.1) is 6.07 Å². The molecule has 1 radical (unpaired) electrons. The Morgan fingerprint density at radius 2 is 1.56 bits per heavy atom. The molecule has 0 saturated carbocycles. The van der Waals surface area contributed by atoms with Crippen LogP contribution in [0.25, 0.3) is 0 Å². The van der Waals surface area contributed by atoms with Crippen LogP contribution in [0.5, 0.6) is 17.2 Å². The molecule has 0 aromatic heterocycles. The van der Waals surface area contributed by atoms with E-state index in [0.29, 0.717) is 18.1 Å². The smallest absolute Gasteiger partial charge is 0.131 e. The zero-order chi connectivity index (χ0) is 12.8. The van der Waals surface area contributed by atoms with Crippen LogP contribution in [-0.2, 0) is 6.61 Å². The molecule has 3 heteroatoms. The molecule has 2 aromatic rings. The fourth-order valence-corrected chi connectivity index (χ4v) is 1.56. The van der Waals surface area contributed by atoms with E-state index >= 15 is 0 Å². The fraction of sp³-hybridized carbons (Fsp3) is 0.200. The summed E-state index contributed by atoms with van der Waals surface area (Å²) in [4.78, 5) is 0. The SMILES string of the molecule is COc1[c]c(OC)cc(COc2ccccc2)c1. The minimum Gasteiger partial charge on any atom is -0.496 e. The third-order valence-corrected chi connectivity index (χ3v) is 2.47. The Hall–Kier alpha value is -2.16. The van der Waals surface area contributed by atoms with E-state index in [9.17, 15) is 0 Å². The quantitative estimate of drug-likeness (QED) is 0.807. The van der Waals surface area contributed by atoms with E-state index in [1.165, 1.54) is 0 Å². The third-order valence-electron chi connectivity index (χ3n) is 2.47. The zero-order valence-electron chi connectivity index (χ0n) is 10.5. The summed E-state index contributed by atoms with van der Waals surface area (Å²) in [6.45, 7) is 0.464. The second-order valence-corrected chi connectivity index (χ2v) is 3.73. The summed E-state index contributed by atoms with van der Waals surface area (Å²) in [5.74, 6) is 2.12. The van der Waals surface area contributed by atoms with E-state index in [1.807, 2.05) is 42.5 Å². The second kappa shape index (κ2) is 5.96. The van der Waals surface area contributed by atoms with Crippen LogP contribution in [-0.4, -0.2) is 14.2 Å². The molecule has 0 saturated heterocycles. The van der Waals surface area contributed by atoms with Gasteiger partial charge < -0.3 is 14.2 Å². The number of para-hydroxylation sites is 1. The van der Waals surface area contributed by atoms with Crippen molar-refractivity contribution in [3.8, 4) is 17.2 Å².